The molecule has 2 aromatic rings. The fraction of sp³-hybridized carbons (Fsp3) is 0.636. The second kappa shape index (κ2) is 20.3. The average Bonchev–Trinajstić information content (AvgIpc) is 2.88. The van der Waals surface area contributed by atoms with Gasteiger partial charge < -0.3 is 9.47 Å². The van der Waals surface area contributed by atoms with E-state index in [0.29, 0.717) is 0 Å². The van der Waals surface area contributed by atoms with Gasteiger partial charge in [-0.25, -0.2) is 0 Å². The van der Waals surface area contributed by atoms with E-state index in [1.165, 1.54) is 101 Å². The Kier molecular flexibility index (Phi) is 16.9. The quantitative estimate of drug-likeness (QED) is 0.156. The molecule has 196 valence electrons. The van der Waals surface area contributed by atoms with E-state index in [9.17, 15) is 0 Å². The van der Waals surface area contributed by atoms with Crippen LogP contribution in [0.25, 0.3) is 0 Å². The standard InChI is InChI=1S/C33H52O2/c1-3-5-7-9-11-13-15-21-27-34-32-25-19-17-23-30(32)29-31-24-18-20-26-33(31)35-28-22-16-14-12-10-8-6-4-2/h17-20,23-26H,3-16,21-22,27-29H2,1-2H3. The van der Waals surface area contributed by atoms with Crippen LogP contribution in [0.1, 0.15) is 128 Å². The highest BCUT2D eigenvalue weighted by atomic mass is 16.5. The van der Waals surface area contributed by atoms with Crippen LogP contribution in [0.2, 0.25) is 0 Å². The number of para-hydroxylation sites is 2. The van der Waals surface area contributed by atoms with Crippen molar-refractivity contribution in [3.8, 4) is 11.5 Å². The predicted octanol–water partition coefficient (Wildman–Crippen LogP) is 10.3. The summed E-state index contributed by atoms with van der Waals surface area (Å²) in [7, 11) is 0. The lowest BCUT2D eigenvalue weighted by molar-refractivity contribution is 0.298. The summed E-state index contributed by atoms with van der Waals surface area (Å²) in [4.78, 5) is 0. The van der Waals surface area contributed by atoms with Crippen LogP contribution in [-0.4, -0.2) is 13.2 Å². The summed E-state index contributed by atoms with van der Waals surface area (Å²) in [5.41, 5.74) is 2.49. The molecule has 0 bridgehead atoms. The van der Waals surface area contributed by atoms with Gasteiger partial charge in [0.2, 0.25) is 0 Å². The highest BCUT2D eigenvalue weighted by Gasteiger charge is 2.09. The SMILES string of the molecule is CCCCCCCCCCOc1ccccc1Cc1ccccc1OCCCCCCCCCC. The van der Waals surface area contributed by atoms with Gasteiger partial charge in [0.05, 0.1) is 13.2 Å². The highest BCUT2D eigenvalue weighted by Crippen LogP contribution is 2.27. The molecular formula is C33H52O2. The van der Waals surface area contributed by atoms with Crippen LogP contribution in [0.4, 0.5) is 0 Å². The van der Waals surface area contributed by atoms with Crippen molar-refractivity contribution in [3.63, 3.8) is 0 Å². The lowest BCUT2D eigenvalue weighted by atomic mass is 10.0. The third kappa shape index (κ3) is 13.6. The molecule has 0 atom stereocenters. The third-order valence-corrected chi connectivity index (χ3v) is 6.84. The zero-order valence-corrected chi connectivity index (χ0v) is 22.9. The topological polar surface area (TPSA) is 18.5 Å². The lowest BCUT2D eigenvalue weighted by Crippen LogP contribution is -2.03. The molecule has 2 aromatic carbocycles. The van der Waals surface area contributed by atoms with E-state index in [2.05, 4.69) is 62.4 Å². The maximum atomic E-state index is 6.21. The van der Waals surface area contributed by atoms with Crippen LogP contribution >= 0.6 is 0 Å². The van der Waals surface area contributed by atoms with Crippen LogP contribution in [0.15, 0.2) is 48.5 Å². The van der Waals surface area contributed by atoms with Crippen molar-refractivity contribution in [1.82, 2.24) is 0 Å². The fourth-order valence-electron chi connectivity index (χ4n) is 4.62. The summed E-state index contributed by atoms with van der Waals surface area (Å²) in [5.74, 6) is 2.04. The van der Waals surface area contributed by atoms with Gasteiger partial charge in [-0.05, 0) is 36.1 Å². The third-order valence-electron chi connectivity index (χ3n) is 6.84. The van der Waals surface area contributed by atoms with Crippen molar-refractivity contribution in [2.45, 2.75) is 123 Å². The predicted molar refractivity (Wildman–Crippen MR) is 152 cm³/mol. The summed E-state index contributed by atoms with van der Waals surface area (Å²) >= 11 is 0. The molecule has 0 saturated heterocycles. The van der Waals surface area contributed by atoms with Gasteiger partial charge in [-0.15, -0.1) is 0 Å². The summed E-state index contributed by atoms with van der Waals surface area (Å²) in [6.07, 6.45) is 22.0. The molecule has 0 aliphatic rings. The van der Waals surface area contributed by atoms with Crippen LogP contribution in [0.5, 0.6) is 11.5 Å². The minimum absolute atomic E-state index is 0.808. The number of rotatable bonds is 22. The first-order chi connectivity index (χ1) is 17.3. The molecule has 0 radical (unpaired) electrons. The van der Waals surface area contributed by atoms with Gasteiger partial charge in [0.1, 0.15) is 11.5 Å². The second-order valence-electron chi connectivity index (χ2n) is 10.0. The van der Waals surface area contributed by atoms with E-state index in [-0.39, 0.29) is 0 Å². The number of hydrogen-bond acceptors (Lipinski definition) is 2. The maximum Gasteiger partial charge on any atom is 0.122 e. The van der Waals surface area contributed by atoms with E-state index in [1.54, 1.807) is 0 Å². The lowest BCUT2D eigenvalue weighted by Gasteiger charge is -2.14. The molecule has 0 spiro atoms. The van der Waals surface area contributed by atoms with Crippen molar-refractivity contribution >= 4 is 0 Å². The molecule has 2 heteroatoms. The van der Waals surface area contributed by atoms with Gasteiger partial charge in [-0.3, -0.25) is 0 Å². The second-order valence-corrected chi connectivity index (χ2v) is 10.0. The molecule has 0 saturated carbocycles. The summed E-state index contributed by atoms with van der Waals surface area (Å²) in [6, 6.07) is 17.0. The number of unbranched alkanes of at least 4 members (excludes halogenated alkanes) is 14. The number of benzene rings is 2. The van der Waals surface area contributed by atoms with Crippen molar-refractivity contribution in [2.75, 3.05) is 13.2 Å². The van der Waals surface area contributed by atoms with Gasteiger partial charge in [0.25, 0.3) is 0 Å². The van der Waals surface area contributed by atoms with Crippen LogP contribution in [0.3, 0.4) is 0 Å². The van der Waals surface area contributed by atoms with E-state index >= 15 is 0 Å². The molecule has 2 rings (SSSR count). The molecule has 0 heterocycles. The molecule has 0 N–H and O–H groups in total. The summed E-state index contributed by atoms with van der Waals surface area (Å²) in [6.45, 7) is 6.17. The minimum Gasteiger partial charge on any atom is -0.493 e. The van der Waals surface area contributed by atoms with E-state index in [4.69, 9.17) is 9.47 Å². The Morgan fingerprint density at radius 1 is 0.429 bits per heavy atom. The van der Waals surface area contributed by atoms with Crippen LogP contribution < -0.4 is 9.47 Å². The van der Waals surface area contributed by atoms with E-state index < -0.39 is 0 Å². The van der Waals surface area contributed by atoms with Gasteiger partial charge in [0, 0.05) is 6.42 Å². The Morgan fingerprint density at radius 2 is 0.771 bits per heavy atom. The zero-order valence-electron chi connectivity index (χ0n) is 22.9. The molecule has 35 heavy (non-hydrogen) atoms. The fourth-order valence-corrected chi connectivity index (χ4v) is 4.62. The molecule has 0 aliphatic heterocycles. The van der Waals surface area contributed by atoms with Gasteiger partial charge in [0.15, 0.2) is 0 Å². The van der Waals surface area contributed by atoms with Gasteiger partial charge in [-0.2, -0.15) is 0 Å². The van der Waals surface area contributed by atoms with Crippen molar-refractivity contribution in [2.24, 2.45) is 0 Å². The Balaban J connectivity index is 1.71. The van der Waals surface area contributed by atoms with Crippen molar-refractivity contribution in [3.05, 3.63) is 59.7 Å². The first-order valence-corrected chi connectivity index (χ1v) is 14.8. The highest BCUT2D eigenvalue weighted by molar-refractivity contribution is 5.42. The van der Waals surface area contributed by atoms with Gasteiger partial charge >= 0.3 is 0 Å². The molecule has 0 aliphatic carbocycles. The molecule has 0 unspecified atom stereocenters. The minimum atomic E-state index is 0.808. The first kappa shape index (κ1) is 29.3. The van der Waals surface area contributed by atoms with Gasteiger partial charge in [-0.1, -0.05) is 140 Å². The molecule has 0 fully saturated rings. The summed E-state index contributed by atoms with van der Waals surface area (Å²) in [5, 5.41) is 0. The Labute approximate surface area is 216 Å². The Bertz CT molecular complexity index is 691. The normalized spacial score (nSPS) is 11.0. The molecular weight excluding hydrogens is 428 g/mol. The number of ether oxygens (including phenoxy) is 2. The Morgan fingerprint density at radius 3 is 1.17 bits per heavy atom. The molecule has 2 nitrogen and oxygen atoms in total. The molecule has 0 amide bonds. The van der Waals surface area contributed by atoms with Crippen molar-refractivity contribution < 1.29 is 9.47 Å². The Hall–Kier alpha value is -1.96. The van der Waals surface area contributed by atoms with Crippen LogP contribution in [0, 0.1) is 0 Å². The molecule has 0 aromatic heterocycles. The zero-order chi connectivity index (χ0) is 24.8. The number of hydrogen-bond donors (Lipinski definition) is 0. The maximum absolute atomic E-state index is 6.21. The average molecular weight is 481 g/mol. The largest absolute Gasteiger partial charge is 0.493 e. The first-order valence-electron chi connectivity index (χ1n) is 14.8. The summed E-state index contributed by atoms with van der Waals surface area (Å²) < 4.78 is 12.4. The monoisotopic (exact) mass is 480 g/mol. The van der Waals surface area contributed by atoms with E-state index in [1.807, 2.05) is 0 Å². The van der Waals surface area contributed by atoms with Crippen molar-refractivity contribution in [1.29, 1.82) is 0 Å². The van der Waals surface area contributed by atoms with Crippen LogP contribution in [-0.2, 0) is 6.42 Å². The van der Waals surface area contributed by atoms with E-state index in [0.717, 1.165) is 44.0 Å². The smallest absolute Gasteiger partial charge is 0.122 e.